The van der Waals surface area contributed by atoms with Gasteiger partial charge in [-0.2, -0.15) is 5.10 Å². The maximum absolute atomic E-state index is 13.9. The lowest BCUT2D eigenvalue weighted by molar-refractivity contribution is -0.134. The summed E-state index contributed by atoms with van der Waals surface area (Å²) in [4.78, 5) is 30.7. The van der Waals surface area contributed by atoms with Crippen LogP contribution < -0.4 is 14.4 Å². The highest BCUT2D eigenvalue weighted by atomic mass is 35.5. The number of nitrogens with zero attached hydrogens (tertiary/aromatic N) is 4. The third kappa shape index (κ3) is 5.04. The fourth-order valence-corrected chi connectivity index (χ4v) is 6.62. The van der Waals surface area contributed by atoms with Gasteiger partial charge in [0.2, 0.25) is 18.6 Å². The van der Waals surface area contributed by atoms with E-state index in [4.69, 9.17) is 30.9 Å². The van der Waals surface area contributed by atoms with Crippen molar-refractivity contribution >= 4 is 41.0 Å². The minimum absolute atomic E-state index is 0.0872. The van der Waals surface area contributed by atoms with Gasteiger partial charge in [-0.05, 0) is 35.9 Å². The van der Waals surface area contributed by atoms with E-state index in [0.29, 0.717) is 54.3 Å². The first-order valence-corrected chi connectivity index (χ1v) is 14.7. The summed E-state index contributed by atoms with van der Waals surface area (Å²) in [7, 11) is 0. The van der Waals surface area contributed by atoms with Gasteiger partial charge in [-0.1, -0.05) is 44.5 Å². The van der Waals surface area contributed by atoms with Gasteiger partial charge in [0.05, 0.1) is 35.6 Å². The smallest absolute Gasteiger partial charge is 0.242 e. The number of ether oxygens (including phenoxy) is 3. The molecule has 6 rings (SSSR count). The first kappa shape index (κ1) is 27.0. The zero-order chi connectivity index (χ0) is 28.0. The zero-order valence-electron chi connectivity index (χ0n) is 22.7. The molecule has 0 N–H and O–H groups in total. The molecule has 0 spiro atoms. The standard InChI is InChI=1S/C29H31ClN4O5S/c1-29(2,3)27-25-26(18-7-8-21-22(13-18)39-17-38-21)40-16-24(36)33(15-23(35)32-9-11-37-12-10-32)28(25)34(31-27)20-6-4-5-19(30)14-20/h4-8,13-14,26H,9-12,15-17H2,1-3H3/t26-/m0/s1. The van der Waals surface area contributed by atoms with Crippen molar-refractivity contribution in [2.24, 2.45) is 0 Å². The number of hydrogen-bond donors (Lipinski definition) is 0. The van der Waals surface area contributed by atoms with Gasteiger partial charge in [-0.3, -0.25) is 14.5 Å². The molecule has 0 bridgehead atoms. The van der Waals surface area contributed by atoms with E-state index in [1.807, 2.05) is 36.4 Å². The lowest BCUT2D eigenvalue weighted by Gasteiger charge is -2.30. The summed E-state index contributed by atoms with van der Waals surface area (Å²) in [6.45, 7) is 8.39. The Morgan fingerprint density at radius 3 is 2.62 bits per heavy atom. The highest BCUT2D eigenvalue weighted by Crippen LogP contribution is 2.50. The molecule has 0 radical (unpaired) electrons. The normalized spacial score (nSPS) is 19.0. The average molecular weight is 583 g/mol. The molecule has 3 aliphatic rings. The lowest BCUT2D eigenvalue weighted by atomic mass is 9.87. The maximum atomic E-state index is 13.9. The monoisotopic (exact) mass is 582 g/mol. The summed E-state index contributed by atoms with van der Waals surface area (Å²) in [6, 6.07) is 13.3. The van der Waals surface area contributed by atoms with Crippen LogP contribution in [0.25, 0.3) is 5.69 Å². The van der Waals surface area contributed by atoms with E-state index < -0.39 is 0 Å². The molecule has 0 aliphatic carbocycles. The first-order chi connectivity index (χ1) is 19.2. The minimum atomic E-state index is -0.365. The highest BCUT2D eigenvalue weighted by Gasteiger charge is 2.40. The second-order valence-electron chi connectivity index (χ2n) is 11.0. The number of rotatable bonds is 4. The highest BCUT2D eigenvalue weighted by molar-refractivity contribution is 8.00. The van der Waals surface area contributed by atoms with Crippen molar-refractivity contribution in [3.05, 3.63) is 64.3 Å². The van der Waals surface area contributed by atoms with E-state index >= 15 is 0 Å². The number of carbonyl (C=O) groups is 2. The van der Waals surface area contributed by atoms with Crippen LogP contribution in [0.4, 0.5) is 5.82 Å². The van der Waals surface area contributed by atoms with Crippen molar-refractivity contribution in [1.82, 2.24) is 14.7 Å². The number of benzene rings is 2. The molecule has 0 unspecified atom stereocenters. The molecule has 1 fully saturated rings. The molecule has 1 saturated heterocycles. The van der Waals surface area contributed by atoms with Crippen molar-refractivity contribution in [2.45, 2.75) is 31.4 Å². The molecule has 0 saturated carbocycles. The Labute approximate surface area is 242 Å². The molecular formula is C29H31ClN4O5S. The Hall–Kier alpha value is -3.21. The van der Waals surface area contributed by atoms with Gasteiger partial charge < -0.3 is 19.1 Å². The van der Waals surface area contributed by atoms with Gasteiger partial charge in [0.25, 0.3) is 0 Å². The van der Waals surface area contributed by atoms with Gasteiger partial charge in [0, 0.05) is 29.1 Å². The van der Waals surface area contributed by atoms with E-state index in [2.05, 4.69) is 20.8 Å². The number of fused-ring (bicyclic) bond motifs is 2. The molecule has 40 heavy (non-hydrogen) atoms. The predicted octanol–water partition coefficient (Wildman–Crippen LogP) is 4.58. The number of carbonyl (C=O) groups excluding carboxylic acids is 2. The Morgan fingerprint density at radius 2 is 1.88 bits per heavy atom. The molecule has 2 amide bonds. The van der Waals surface area contributed by atoms with Crippen LogP contribution in [-0.2, 0) is 19.7 Å². The first-order valence-electron chi connectivity index (χ1n) is 13.3. The van der Waals surface area contributed by atoms with Gasteiger partial charge >= 0.3 is 0 Å². The fraction of sp³-hybridized carbons (Fsp3) is 0.414. The van der Waals surface area contributed by atoms with E-state index in [-0.39, 0.29) is 41.6 Å². The topological polar surface area (TPSA) is 86.1 Å². The van der Waals surface area contributed by atoms with E-state index in [0.717, 1.165) is 16.8 Å². The lowest BCUT2D eigenvalue weighted by Crippen LogP contribution is -2.48. The van der Waals surface area contributed by atoms with Crippen LogP contribution in [0.5, 0.6) is 11.5 Å². The molecule has 210 valence electrons. The summed E-state index contributed by atoms with van der Waals surface area (Å²) < 4.78 is 18.5. The van der Waals surface area contributed by atoms with Gasteiger partial charge in [0.15, 0.2) is 11.5 Å². The Kier molecular flexibility index (Phi) is 7.18. The summed E-state index contributed by atoms with van der Waals surface area (Å²) in [5.41, 5.74) is 3.07. The van der Waals surface area contributed by atoms with Crippen molar-refractivity contribution in [3.8, 4) is 17.2 Å². The number of thioether (sulfide) groups is 1. The van der Waals surface area contributed by atoms with Gasteiger partial charge in [0.1, 0.15) is 12.4 Å². The minimum Gasteiger partial charge on any atom is -0.454 e. The summed E-state index contributed by atoms with van der Waals surface area (Å²) >= 11 is 7.94. The molecule has 4 heterocycles. The Morgan fingerprint density at radius 1 is 1.10 bits per heavy atom. The SMILES string of the molecule is CC(C)(C)c1nn(-c2cccc(Cl)c2)c2c1[C@H](c1ccc3c(c1)OCO3)SCC(=O)N2CC(=O)N1CCOCC1. The second-order valence-corrected chi connectivity index (χ2v) is 12.5. The van der Waals surface area contributed by atoms with Crippen molar-refractivity contribution in [3.63, 3.8) is 0 Å². The van der Waals surface area contributed by atoms with Crippen LogP contribution in [0.3, 0.4) is 0 Å². The largest absolute Gasteiger partial charge is 0.454 e. The zero-order valence-corrected chi connectivity index (χ0v) is 24.3. The number of hydrogen-bond acceptors (Lipinski definition) is 7. The summed E-state index contributed by atoms with van der Waals surface area (Å²) in [5.74, 6) is 1.89. The van der Waals surface area contributed by atoms with Crippen molar-refractivity contribution < 1.29 is 23.8 Å². The summed E-state index contributed by atoms with van der Waals surface area (Å²) in [5, 5.41) is 5.43. The maximum Gasteiger partial charge on any atom is 0.242 e. The van der Waals surface area contributed by atoms with Crippen LogP contribution in [-0.4, -0.2) is 71.9 Å². The van der Waals surface area contributed by atoms with Gasteiger partial charge in [-0.25, -0.2) is 4.68 Å². The van der Waals surface area contributed by atoms with Crippen LogP contribution in [0.1, 0.15) is 42.8 Å². The van der Waals surface area contributed by atoms with Crippen LogP contribution in [0.2, 0.25) is 5.02 Å². The molecule has 2 aromatic carbocycles. The van der Waals surface area contributed by atoms with Crippen LogP contribution in [0.15, 0.2) is 42.5 Å². The van der Waals surface area contributed by atoms with Gasteiger partial charge in [-0.15, -0.1) is 11.8 Å². The number of morpholine rings is 1. The third-order valence-corrected chi connectivity index (χ3v) is 8.70. The number of anilines is 1. The molecule has 9 nitrogen and oxygen atoms in total. The average Bonchev–Trinajstić information content (AvgIpc) is 3.54. The number of aromatic nitrogens is 2. The van der Waals surface area contributed by atoms with E-state index in [1.165, 1.54) is 11.8 Å². The van der Waals surface area contributed by atoms with Crippen molar-refractivity contribution in [2.75, 3.05) is 50.3 Å². The fourth-order valence-electron chi connectivity index (χ4n) is 5.25. The summed E-state index contributed by atoms with van der Waals surface area (Å²) in [6.07, 6.45) is 0. The molecule has 1 atom stereocenters. The van der Waals surface area contributed by atoms with E-state index in [1.54, 1.807) is 20.5 Å². The van der Waals surface area contributed by atoms with Crippen LogP contribution in [0, 0.1) is 0 Å². The Bertz CT molecular complexity index is 1460. The molecule has 3 aromatic rings. The van der Waals surface area contributed by atoms with Crippen LogP contribution >= 0.6 is 23.4 Å². The second kappa shape index (κ2) is 10.6. The predicted molar refractivity (Wildman–Crippen MR) is 154 cm³/mol. The third-order valence-electron chi connectivity index (χ3n) is 7.21. The number of halogens is 1. The molecule has 1 aromatic heterocycles. The molecular weight excluding hydrogens is 552 g/mol. The van der Waals surface area contributed by atoms with Crippen molar-refractivity contribution in [1.29, 1.82) is 0 Å². The van der Waals surface area contributed by atoms with E-state index in [9.17, 15) is 9.59 Å². The molecule has 11 heteroatoms. The Balaban J connectivity index is 1.55. The quantitative estimate of drug-likeness (QED) is 0.445. The number of amides is 2. The molecule has 3 aliphatic heterocycles.